The Kier molecular flexibility index (Phi) is 7.69. The summed E-state index contributed by atoms with van der Waals surface area (Å²) in [4.78, 5) is 18.6. The number of amides is 2. The van der Waals surface area contributed by atoms with Crippen molar-refractivity contribution < 1.29 is 13.2 Å². The van der Waals surface area contributed by atoms with Crippen LogP contribution in [0.3, 0.4) is 0 Å². The van der Waals surface area contributed by atoms with Gasteiger partial charge in [-0.3, -0.25) is 0 Å². The normalized spacial score (nSPS) is 11.5. The van der Waals surface area contributed by atoms with Crippen molar-refractivity contribution in [3.8, 4) is 0 Å². The molecule has 2 amide bonds. The number of nitrogens with zero attached hydrogens (tertiary/aromatic N) is 3. The highest BCUT2D eigenvalue weighted by Gasteiger charge is 2.26. The highest BCUT2D eigenvalue weighted by atomic mass is 32.2. The molecule has 3 aromatic rings. The van der Waals surface area contributed by atoms with E-state index in [1.165, 1.54) is 0 Å². The number of hydrogen-bond acceptors (Lipinski definition) is 4. The van der Waals surface area contributed by atoms with Crippen LogP contribution in [0.4, 0.5) is 4.79 Å². The number of nitrogens with one attached hydrogen (secondary N) is 1. The molecule has 0 unspecified atom stereocenters. The van der Waals surface area contributed by atoms with Crippen LogP contribution in [0.1, 0.15) is 37.6 Å². The molecule has 7 nitrogen and oxygen atoms in total. The maximum atomic E-state index is 13.3. The second-order valence-electron chi connectivity index (χ2n) is 7.91. The molecule has 2 aromatic carbocycles. The van der Waals surface area contributed by atoms with Crippen molar-refractivity contribution in [2.45, 2.75) is 50.8 Å². The Morgan fingerprint density at radius 3 is 2.19 bits per heavy atom. The molecular weight excluding hydrogens is 424 g/mol. The summed E-state index contributed by atoms with van der Waals surface area (Å²) < 4.78 is 28.3. The average molecular weight is 455 g/mol. The van der Waals surface area contributed by atoms with E-state index in [1.807, 2.05) is 69.3 Å². The first kappa shape index (κ1) is 23.5. The Balaban J connectivity index is 2.00. The second kappa shape index (κ2) is 10.5. The Bertz CT molecular complexity index is 1130. The van der Waals surface area contributed by atoms with E-state index < -0.39 is 9.84 Å². The lowest BCUT2D eigenvalue weighted by molar-refractivity contribution is 0.178. The summed E-state index contributed by atoms with van der Waals surface area (Å²) in [6.07, 6.45) is 1.56. The Morgan fingerprint density at radius 1 is 1.03 bits per heavy atom. The zero-order valence-corrected chi connectivity index (χ0v) is 19.5. The van der Waals surface area contributed by atoms with E-state index in [-0.39, 0.29) is 29.5 Å². The molecule has 1 aromatic heterocycles. The van der Waals surface area contributed by atoms with Gasteiger partial charge in [0, 0.05) is 12.6 Å². The van der Waals surface area contributed by atoms with Crippen molar-refractivity contribution in [2.75, 3.05) is 6.54 Å². The molecule has 32 heavy (non-hydrogen) atoms. The largest absolute Gasteiger partial charge is 0.338 e. The van der Waals surface area contributed by atoms with Crippen LogP contribution in [-0.2, 0) is 28.7 Å². The van der Waals surface area contributed by atoms with Gasteiger partial charge in [0.05, 0.1) is 30.7 Å². The average Bonchev–Trinajstić information content (AvgIpc) is 3.16. The lowest BCUT2D eigenvalue weighted by Gasteiger charge is -2.27. The van der Waals surface area contributed by atoms with Crippen molar-refractivity contribution in [3.05, 3.63) is 83.7 Å². The van der Waals surface area contributed by atoms with Crippen LogP contribution in [-0.4, -0.2) is 41.5 Å². The molecule has 0 atom stereocenters. The fraction of sp³-hybridized carbons (Fsp3) is 0.333. The van der Waals surface area contributed by atoms with Crippen LogP contribution in [0.25, 0.3) is 0 Å². The van der Waals surface area contributed by atoms with Crippen molar-refractivity contribution in [3.63, 3.8) is 0 Å². The van der Waals surface area contributed by atoms with Gasteiger partial charge >= 0.3 is 6.03 Å². The Hall–Kier alpha value is -3.13. The van der Waals surface area contributed by atoms with Gasteiger partial charge in [0.15, 0.2) is 0 Å². The summed E-state index contributed by atoms with van der Waals surface area (Å²) in [6.45, 7) is 6.85. The minimum Gasteiger partial charge on any atom is -0.338 e. The van der Waals surface area contributed by atoms with Gasteiger partial charge in [0.25, 0.3) is 0 Å². The summed E-state index contributed by atoms with van der Waals surface area (Å²) in [5, 5.41) is 2.84. The highest BCUT2D eigenvalue weighted by molar-refractivity contribution is 7.90. The zero-order valence-electron chi connectivity index (χ0n) is 18.7. The van der Waals surface area contributed by atoms with Gasteiger partial charge in [-0.25, -0.2) is 18.2 Å². The van der Waals surface area contributed by atoms with Gasteiger partial charge in [-0.05, 0) is 31.9 Å². The topological polar surface area (TPSA) is 84.3 Å². The predicted molar refractivity (Wildman–Crippen MR) is 125 cm³/mol. The standard InChI is InChI=1S/C24H30N4O3S/c1-4-25-23(29)27(19(2)3)17-22-15-26-24(28(22)16-20-11-7-5-8-12-20)32(30,31)18-21-13-9-6-10-14-21/h5-15,19H,4,16-18H2,1-3H3,(H,25,29). The first-order chi connectivity index (χ1) is 15.3. The highest BCUT2D eigenvalue weighted by Crippen LogP contribution is 2.21. The van der Waals surface area contributed by atoms with E-state index in [4.69, 9.17) is 0 Å². The van der Waals surface area contributed by atoms with Crippen LogP contribution >= 0.6 is 0 Å². The molecular formula is C24H30N4O3S. The summed E-state index contributed by atoms with van der Waals surface area (Å²) in [5.74, 6) is -0.136. The van der Waals surface area contributed by atoms with E-state index >= 15 is 0 Å². The number of carbonyl (C=O) groups excluding carboxylic acids is 1. The molecule has 0 saturated carbocycles. The molecule has 0 radical (unpaired) electrons. The summed E-state index contributed by atoms with van der Waals surface area (Å²) in [6, 6.07) is 18.5. The van der Waals surface area contributed by atoms with Gasteiger partial charge in [0.1, 0.15) is 0 Å². The SMILES string of the molecule is CCNC(=O)N(Cc1cnc(S(=O)(=O)Cc2ccccc2)n1Cc1ccccc1)C(C)C. The van der Waals surface area contributed by atoms with Crippen molar-refractivity contribution in [1.29, 1.82) is 0 Å². The van der Waals surface area contributed by atoms with Crippen LogP contribution in [0.5, 0.6) is 0 Å². The quantitative estimate of drug-likeness (QED) is 0.532. The van der Waals surface area contributed by atoms with Crippen molar-refractivity contribution in [2.24, 2.45) is 0 Å². The molecule has 0 saturated heterocycles. The number of urea groups is 1. The van der Waals surface area contributed by atoms with Gasteiger partial charge in [-0.15, -0.1) is 0 Å². The number of rotatable bonds is 9. The van der Waals surface area contributed by atoms with Crippen LogP contribution in [0.15, 0.2) is 72.0 Å². The van der Waals surface area contributed by atoms with Crippen molar-refractivity contribution >= 4 is 15.9 Å². The molecule has 0 aliphatic rings. The molecule has 0 aliphatic carbocycles. The molecule has 0 fully saturated rings. The lowest BCUT2D eigenvalue weighted by Crippen LogP contribution is -2.43. The number of benzene rings is 2. The third kappa shape index (κ3) is 5.76. The summed E-state index contributed by atoms with van der Waals surface area (Å²) in [5.41, 5.74) is 2.33. The summed E-state index contributed by atoms with van der Waals surface area (Å²) >= 11 is 0. The van der Waals surface area contributed by atoms with E-state index in [1.54, 1.807) is 27.8 Å². The molecule has 0 aliphatic heterocycles. The number of sulfone groups is 1. The smallest absolute Gasteiger partial charge is 0.317 e. The maximum absolute atomic E-state index is 13.3. The molecule has 0 spiro atoms. The second-order valence-corrected chi connectivity index (χ2v) is 9.79. The number of carbonyl (C=O) groups is 1. The maximum Gasteiger partial charge on any atom is 0.317 e. The van der Waals surface area contributed by atoms with Crippen molar-refractivity contribution in [1.82, 2.24) is 19.8 Å². The minimum absolute atomic E-state index is 0.0137. The molecule has 170 valence electrons. The van der Waals surface area contributed by atoms with Crippen LogP contribution < -0.4 is 5.32 Å². The first-order valence-electron chi connectivity index (χ1n) is 10.7. The molecule has 8 heteroatoms. The van der Waals surface area contributed by atoms with Crippen LogP contribution in [0.2, 0.25) is 0 Å². The van der Waals surface area contributed by atoms with E-state index in [0.717, 1.165) is 5.56 Å². The molecule has 3 rings (SSSR count). The fourth-order valence-electron chi connectivity index (χ4n) is 3.48. The monoisotopic (exact) mass is 454 g/mol. The van der Waals surface area contributed by atoms with E-state index in [9.17, 15) is 13.2 Å². The molecule has 1 N–H and O–H groups in total. The summed E-state index contributed by atoms with van der Waals surface area (Å²) in [7, 11) is -3.70. The number of imidazole rings is 1. The lowest BCUT2D eigenvalue weighted by atomic mass is 10.2. The molecule has 1 heterocycles. The van der Waals surface area contributed by atoms with Gasteiger partial charge in [-0.1, -0.05) is 60.7 Å². The van der Waals surface area contributed by atoms with E-state index in [0.29, 0.717) is 24.3 Å². The van der Waals surface area contributed by atoms with Crippen LogP contribution in [0, 0.1) is 0 Å². The number of aromatic nitrogens is 2. The third-order valence-electron chi connectivity index (χ3n) is 5.11. The van der Waals surface area contributed by atoms with Gasteiger partial charge in [-0.2, -0.15) is 0 Å². The Labute approximate surface area is 190 Å². The van der Waals surface area contributed by atoms with Gasteiger partial charge in [0.2, 0.25) is 15.0 Å². The molecule has 0 bridgehead atoms. The zero-order chi connectivity index (χ0) is 23.1. The van der Waals surface area contributed by atoms with Gasteiger partial charge < -0.3 is 14.8 Å². The fourth-order valence-corrected chi connectivity index (χ4v) is 4.97. The first-order valence-corrected chi connectivity index (χ1v) is 12.4. The predicted octanol–water partition coefficient (Wildman–Crippen LogP) is 3.85. The minimum atomic E-state index is -3.70. The van der Waals surface area contributed by atoms with E-state index in [2.05, 4.69) is 10.3 Å². The third-order valence-corrected chi connectivity index (χ3v) is 6.70. The Morgan fingerprint density at radius 2 is 1.62 bits per heavy atom. The number of hydrogen-bond donors (Lipinski definition) is 1.